The first-order valence-electron chi connectivity index (χ1n) is 7.35. The molecule has 1 nitrogen and oxygen atoms in total. The van der Waals surface area contributed by atoms with Crippen LogP contribution in [0.25, 0.3) is 11.3 Å². The number of halogens is 1. The average molecular weight is 265 g/mol. The van der Waals surface area contributed by atoms with Crippen LogP contribution in [0.15, 0.2) is 72.9 Å². The molecule has 3 aromatic rings. The van der Waals surface area contributed by atoms with Gasteiger partial charge in [0.15, 0.2) is 0 Å². The van der Waals surface area contributed by atoms with Crippen LogP contribution in [0.5, 0.6) is 0 Å². The summed E-state index contributed by atoms with van der Waals surface area (Å²) in [6.45, 7) is 0. The van der Waals surface area contributed by atoms with Crippen LogP contribution < -0.4 is 0 Å². The summed E-state index contributed by atoms with van der Waals surface area (Å²) in [6.07, 6.45) is -0.179. The second kappa shape index (κ2) is 5.66. The highest BCUT2D eigenvalue weighted by Gasteiger charge is 2.00. The Labute approximate surface area is 120 Å². The summed E-state index contributed by atoms with van der Waals surface area (Å²) in [5.41, 5.74) is 2.62. The van der Waals surface area contributed by atoms with E-state index in [1.165, 1.54) is 30.5 Å². The quantitative estimate of drug-likeness (QED) is 0.680. The third kappa shape index (κ3) is 2.91. The van der Waals surface area contributed by atoms with Gasteiger partial charge in [0.1, 0.15) is 5.82 Å². The van der Waals surface area contributed by atoms with Crippen LogP contribution in [-0.4, -0.2) is 4.98 Å². The van der Waals surface area contributed by atoms with Crippen LogP contribution >= 0.6 is 0 Å². The molecule has 20 heavy (non-hydrogen) atoms. The Morgan fingerprint density at radius 3 is 2.20 bits per heavy atom. The molecule has 1 heterocycles. The zero-order chi connectivity index (χ0) is 15.6. The van der Waals surface area contributed by atoms with Crippen LogP contribution in [0.2, 0.25) is 0 Å². The summed E-state index contributed by atoms with van der Waals surface area (Å²) >= 11 is 0. The Balaban J connectivity index is 1.93. The van der Waals surface area contributed by atoms with E-state index in [0.29, 0.717) is 11.1 Å². The Hall–Kier alpha value is -2.48. The molecule has 3 rings (SSSR count). The molecule has 0 saturated heterocycles. The number of aromatic nitrogens is 1. The second-order valence-corrected chi connectivity index (χ2v) is 4.43. The van der Waals surface area contributed by atoms with Gasteiger partial charge in [-0.25, -0.2) is 4.39 Å². The highest BCUT2D eigenvalue weighted by molar-refractivity contribution is 5.58. The molecule has 0 fully saturated rings. The minimum atomic E-state index is -1.71. The van der Waals surface area contributed by atoms with E-state index in [-0.39, 0.29) is 5.82 Å². The molecule has 98 valence electrons. The normalized spacial score (nSPS) is 12.7. The standard InChI is InChI=1S/C18H14FN/c19-17-9-6-14(7-10-17)12-15-8-11-18(20-13-15)16-4-2-1-3-5-16/h1-11,13H,12H2/i12D2. The average Bonchev–Trinajstić information content (AvgIpc) is 2.56. The van der Waals surface area contributed by atoms with Gasteiger partial charge in [-0.1, -0.05) is 48.5 Å². The van der Waals surface area contributed by atoms with E-state index >= 15 is 0 Å². The van der Waals surface area contributed by atoms with Gasteiger partial charge in [-0.05, 0) is 35.7 Å². The van der Waals surface area contributed by atoms with Crippen molar-refractivity contribution < 1.29 is 7.13 Å². The van der Waals surface area contributed by atoms with Crippen LogP contribution in [0, 0.1) is 5.82 Å². The number of nitrogens with zero attached hydrogens (tertiary/aromatic N) is 1. The zero-order valence-corrected chi connectivity index (χ0v) is 10.8. The van der Waals surface area contributed by atoms with Crippen LogP contribution in [0.1, 0.15) is 13.9 Å². The summed E-state index contributed by atoms with van der Waals surface area (Å²) in [5, 5.41) is 0. The van der Waals surface area contributed by atoms with Gasteiger partial charge in [0.25, 0.3) is 0 Å². The van der Waals surface area contributed by atoms with Gasteiger partial charge in [0.05, 0.1) is 5.69 Å². The molecule has 0 atom stereocenters. The molecule has 0 unspecified atom stereocenters. The lowest BCUT2D eigenvalue weighted by atomic mass is 10.1. The van der Waals surface area contributed by atoms with Crippen molar-refractivity contribution >= 4 is 0 Å². The monoisotopic (exact) mass is 265 g/mol. The lowest BCUT2D eigenvalue weighted by Crippen LogP contribution is -1.91. The van der Waals surface area contributed by atoms with E-state index < -0.39 is 6.37 Å². The van der Waals surface area contributed by atoms with Crippen molar-refractivity contribution in [2.45, 2.75) is 6.37 Å². The van der Waals surface area contributed by atoms with Crippen molar-refractivity contribution in [3.8, 4) is 11.3 Å². The third-order valence-corrected chi connectivity index (χ3v) is 2.97. The molecule has 0 bridgehead atoms. The molecule has 0 aliphatic heterocycles. The first-order valence-corrected chi connectivity index (χ1v) is 6.35. The van der Waals surface area contributed by atoms with E-state index in [2.05, 4.69) is 4.98 Å². The fourth-order valence-corrected chi connectivity index (χ4v) is 1.95. The van der Waals surface area contributed by atoms with Crippen molar-refractivity contribution in [1.82, 2.24) is 4.98 Å². The van der Waals surface area contributed by atoms with Crippen molar-refractivity contribution in [3.05, 3.63) is 89.9 Å². The minimum absolute atomic E-state index is 0.378. The lowest BCUT2D eigenvalue weighted by Gasteiger charge is -2.04. The minimum Gasteiger partial charge on any atom is -0.256 e. The Morgan fingerprint density at radius 2 is 1.55 bits per heavy atom. The fourth-order valence-electron chi connectivity index (χ4n) is 1.95. The Kier molecular flexibility index (Phi) is 2.92. The highest BCUT2D eigenvalue weighted by atomic mass is 19.1. The first-order chi connectivity index (χ1) is 10.6. The summed E-state index contributed by atoms with van der Waals surface area (Å²) in [6, 6.07) is 18.7. The van der Waals surface area contributed by atoms with Crippen LogP contribution in [-0.2, 0) is 6.37 Å². The summed E-state index contributed by atoms with van der Waals surface area (Å²) in [5.74, 6) is -0.378. The van der Waals surface area contributed by atoms with E-state index in [1.807, 2.05) is 30.3 Å². The van der Waals surface area contributed by atoms with Gasteiger partial charge < -0.3 is 0 Å². The maximum absolute atomic E-state index is 13.0. The van der Waals surface area contributed by atoms with Crippen molar-refractivity contribution in [1.29, 1.82) is 0 Å². The third-order valence-electron chi connectivity index (χ3n) is 2.97. The number of rotatable bonds is 3. The molecule has 0 N–H and O–H groups in total. The Morgan fingerprint density at radius 1 is 0.850 bits per heavy atom. The SMILES string of the molecule is [2H]C([2H])(c1ccc(F)cc1)c1ccc(-c2ccccc2)nc1. The van der Waals surface area contributed by atoms with Gasteiger partial charge in [-0.15, -0.1) is 0 Å². The fraction of sp³-hybridized carbons (Fsp3) is 0.0556. The van der Waals surface area contributed by atoms with Crippen LogP contribution in [0.3, 0.4) is 0 Å². The van der Waals surface area contributed by atoms with E-state index in [9.17, 15) is 4.39 Å². The maximum Gasteiger partial charge on any atom is 0.123 e. The first kappa shape index (κ1) is 10.3. The van der Waals surface area contributed by atoms with Gasteiger partial charge in [-0.2, -0.15) is 0 Å². The molecule has 0 amide bonds. The van der Waals surface area contributed by atoms with Crippen molar-refractivity contribution in [3.63, 3.8) is 0 Å². The molecule has 0 aliphatic rings. The number of benzene rings is 2. The maximum atomic E-state index is 13.0. The summed E-state index contributed by atoms with van der Waals surface area (Å²) in [4.78, 5) is 4.34. The number of pyridine rings is 1. The van der Waals surface area contributed by atoms with Gasteiger partial charge in [0, 0.05) is 14.5 Å². The van der Waals surface area contributed by atoms with Gasteiger partial charge in [-0.3, -0.25) is 4.98 Å². The molecule has 1 aromatic heterocycles. The highest BCUT2D eigenvalue weighted by Crippen LogP contribution is 2.17. The van der Waals surface area contributed by atoms with E-state index in [4.69, 9.17) is 2.74 Å². The molecule has 2 aromatic carbocycles. The molecule has 2 heteroatoms. The van der Waals surface area contributed by atoms with E-state index in [1.54, 1.807) is 12.1 Å². The zero-order valence-electron chi connectivity index (χ0n) is 12.8. The molecular weight excluding hydrogens is 249 g/mol. The molecular formula is C18H14FN. The largest absolute Gasteiger partial charge is 0.256 e. The Bertz CT molecular complexity index is 753. The molecule has 0 saturated carbocycles. The predicted molar refractivity (Wildman–Crippen MR) is 78.9 cm³/mol. The topological polar surface area (TPSA) is 12.9 Å². The predicted octanol–water partition coefficient (Wildman–Crippen LogP) is 4.48. The van der Waals surface area contributed by atoms with Crippen LogP contribution in [0.4, 0.5) is 4.39 Å². The summed E-state index contributed by atoms with van der Waals surface area (Å²) in [7, 11) is 0. The van der Waals surface area contributed by atoms with Crippen molar-refractivity contribution in [2.75, 3.05) is 0 Å². The number of hydrogen-bond acceptors (Lipinski definition) is 1. The van der Waals surface area contributed by atoms with Gasteiger partial charge >= 0.3 is 0 Å². The molecule has 0 spiro atoms. The van der Waals surface area contributed by atoms with E-state index in [0.717, 1.165) is 11.3 Å². The van der Waals surface area contributed by atoms with Crippen molar-refractivity contribution in [2.24, 2.45) is 0 Å². The summed E-state index contributed by atoms with van der Waals surface area (Å²) < 4.78 is 29.5. The lowest BCUT2D eigenvalue weighted by molar-refractivity contribution is 0.627. The smallest absolute Gasteiger partial charge is 0.123 e. The van der Waals surface area contributed by atoms with Gasteiger partial charge in [0.2, 0.25) is 0 Å². The molecule has 0 aliphatic carbocycles. The second-order valence-electron chi connectivity index (χ2n) is 4.43. The molecule has 0 radical (unpaired) electrons. The number of hydrogen-bond donors (Lipinski definition) is 0.